The molecule has 1 fully saturated rings. The second-order valence-corrected chi connectivity index (χ2v) is 9.22. The maximum atomic E-state index is 14.4. The summed E-state index contributed by atoms with van der Waals surface area (Å²) in [5.74, 6) is -1.40. The van der Waals surface area contributed by atoms with Crippen LogP contribution in [0.4, 0.5) is 17.6 Å². The molecule has 170 valence electrons. The number of nitrogens with one attached hydrogen (secondary N) is 1. The predicted molar refractivity (Wildman–Crippen MR) is 108 cm³/mol. The highest BCUT2D eigenvalue weighted by atomic mass is 32.2. The lowest BCUT2D eigenvalue weighted by molar-refractivity contribution is -0.274. The molecule has 0 bridgehead atoms. The first kappa shape index (κ1) is 23.5. The molecule has 1 aliphatic rings. The minimum absolute atomic E-state index is 0.0614. The van der Waals surface area contributed by atoms with Crippen molar-refractivity contribution in [3.8, 4) is 5.75 Å². The Hall–Kier alpha value is -2.17. The van der Waals surface area contributed by atoms with Crippen molar-refractivity contribution in [2.45, 2.75) is 50.0 Å². The monoisotopic (exact) mass is 460 g/mol. The van der Waals surface area contributed by atoms with Crippen LogP contribution in [-0.2, 0) is 23.0 Å². The second-order valence-electron chi connectivity index (χ2n) is 7.33. The Morgan fingerprint density at radius 3 is 2.32 bits per heavy atom. The van der Waals surface area contributed by atoms with Crippen LogP contribution in [0.5, 0.6) is 5.75 Å². The van der Waals surface area contributed by atoms with Crippen LogP contribution < -0.4 is 10.1 Å². The van der Waals surface area contributed by atoms with Gasteiger partial charge >= 0.3 is 6.36 Å². The van der Waals surface area contributed by atoms with E-state index < -0.39 is 40.5 Å². The second kappa shape index (κ2) is 9.54. The van der Waals surface area contributed by atoms with Gasteiger partial charge in [0.05, 0.1) is 4.90 Å². The molecule has 0 aromatic heterocycles. The number of nitrogens with zero attached hydrogens (tertiary/aromatic N) is 1. The quantitative estimate of drug-likeness (QED) is 0.629. The number of alkyl halides is 3. The highest BCUT2D eigenvalue weighted by molar-refractivity contribution is 7.89. The zero-order valence-electron chi connectivity index (χ0n) is 17.0. The van der Waals surface area contributed by atoms with Crippen LogP contribution in [-0.4, -0.2) is 38.2 Å². The van der Waals surface area contributed by atoms with Crippen molar-refractivity contribution in [1.82, 2.24) is 9.62 Å². The predicted octanol–water partition coefficient (Wildman–Crippen LogP) is 4.23. The number of hydrogen-bond acceptors (Lipinski definition) is 4. The van der Waals surface area contributed by atoms with Crippen molar-refractivity contribution in [1.29, 1.82) is 0 Å². The minimum Gasteiger partial charge on any atom is -0.406 e. The first-order chi connectivity index (χ1) is 14.6. The lowest BCUT2D eigenvalue weighted by Crippen LogP contribution is -2.45. The van der Waals surface area contributed by atoms with Crippen molar-refractivity contribution >= 4 is 10.0 Å². The Labute approximate surface area is 179 Å². The standard InChI is InChI=1S/C21H24F4N2O3S/c1-2-15-3-6-19(7-4-15)31(28,29)27(17-9-11-26-12-10-17)14-16-13-18(5-8-20(16)22)30-21(23,24)25/h3-8,13,17,26H,2,9-12,14H2,1H3. The molecule has 1 saturated heterocycles. The molecule has 5 nitrogen and oxygen atoms in total. The van der Waals surface area contributed by atoms with Gasteiger partial charge in [-0.05, 0) is 68.2 Å². The van der Waals surface area contributed by atoms with E-state index in [1.54, 1.807) is 12.1 Å². The number of halogens is 4. The number of benzene rings is 2. The topological polar surface area (TPSA) is 58.6 Å². The third-order valence-corrected chi connectivity index (χ3v) is 7.14. The van der Waals surface area contributed by atoms with Crippen LogP contribution in [0, 0.1) is 5.82 Å². The Morgan fingerprint density at radius 1 is 1.10 bits per heavy atom. The van der Waals surface area contributed by atoms with Gasteiger partial charge in [0.25, 0.3) is 0 Å². The zero-order chi connectivity index (χ0) is 22.6. The average Bonchev–Trinajstić information content (AvgIpc) is 2.73. The van der Waals surface area contributed by atoms with Crippen molar-refractivity contribution in [2.24, 2.45) is 0 Å². The van der Waals surface area contributed by atoms with Crippen molar-refractivity contribution in [3.63, 3.8) is 0 Å². The van der Waals surface area contributed by atoms with Gasteiger partial charge in [-0.15, -0.1) is 13.2 Å². The largest absolute Gasteiger partial charge is 0.573 e. The van der Waals surface area contributed by atoms with E-state index in [0.717, 1.165) is 30.2 Å². The molecule has 2 aromatic carbocycles. The molecule has 0 saturated carbocycles. The lowest BCUT2D eigenvalue weighted by atomic mass is 10.1. The van der Waals surface area contributed by atoms with Gasteiger partial charge in [0.1, 0.15) is 11.6 Å². The van der Waals surface area contributed by atoms with Gasteiger partial charge in [-0.3, -0.25) is 0 Å². The van der Waals surface area contributed by atoms with Crippen LogP contribution in [0.15, 0.2) is 47.4 Å². The highest BCUT2D eigenvalue weighted by Gasteiger charge is 2.34. The van der Waals surface area contributed by atoms with Crippen LogP contribution in [0.25, 0.3) is 0 Å². The summed E-state index contributed by atoms with van der Waals surface area (Å²) in [5.41, 5.74) is 0.782. The number of rotatable bonds is 7. The minimum atomic E-state index is -4.93. The van der Waals surface area contributed by atoms with Gasteiger partial charge < -0.3 is 10.1 Å². The van der Waals surface area contributed by atoms with E-state index >= 15 is 0 Å². The Bertz CT molecular complexity index is 989. The van der Waals surface area contributed by atoms with Crippen LogP contribution >= 0.6 is 0 Å². The molecule has 10 heteroatoms. The molecule has 1 aliphatic heterocycles. The van der Waals surface area contributed by atoms with Crippen molar-refractivity contribution in [3.05, 3.63) is 59.4 Å². The smallest absolute Gasteiger partial charge is 0.406 e. The maximum Gasteiger partial charge on any atom is 0.573 e. The molecule has 31 heavy (non-hydrogen) atoms. The summed E-state index contributed by atoms with van der Waals surface area (Å²) in [6.45, 7) is 2.73. The van der Waals surface area contributed by atoms with E-state index in [4.69, 9.17) is 0 Å². The molecule has 0 radical (unpaired) electrons. The molecule has 1 N–H and O–H groups in total. The van der Waals surface area contributed by atoms with Crippen LogP contribution in [0.3, 0.4) is 0 Å². The molecule has 3 rings (SSSR count). The van der Waals surface area contributed by atoms with Gasteiger partial charge in [0, 0.05) is 18.2 Å². The van der Waals surface area contributed by atoms with Crippen molar-refractivity contribution in [2.75, 3.05) is 13.1 Å². The summed E-state index contributed by atoms with van der Waals surface area (Å²) >= 11 is 0. The van der Waals surface area contributed by atoms with Gasteiger partial charge in [0.15, 0.2) is 0 Å². The first-order valence-corrected chi connectivity index (χ1v) is 11.4. The number of sulfonamides is 1. The number of piperidine rings is 1. The normalized spacial score (nSPS) is 15.9. The summed E-state index contributed by atoms with van der Waals surface area (Å²) in [7, 11) is -4.01. The maximum absolute atomic E-state index is 14.4. The van der Waals surface area contributed by atoms with Gasteiger partial charge in [-0.2, -0.15) is 4.31 Å². The van der Waals surface area contributed by atoms with E-state index in [2.05, 4.69) is 10.1 Å². The molecule has 0 spiro atoms. The summed E-state index contributed by atoms with van der Waals surface area (Å²) in [4.78, 5) is 0.0614. The Kier molecular flexibility index (Phi) is 7.23. The first-order valence-electron chi connectivity index (χ1n) is 9.96. The highest BCUT2D eigenvalue weighted by Crippen LogP contribution is 2.29. The molecule has 2 aromatic rings. The number of hydrogen-bond donors (Lipinski definition) is 1. The Morgan fingerprint density at radius 2 is 1.74 bits per heavy atom. The van der Waals surface area contributed by atoms with E-state index in [1.807, 2.05) is 6.92 Å². The third kappa shape index (κ3) is 5.96. The average molecular weight is 460 g/mol. The molecular weight excluding hydrogens is 436 g/mol. The molecule has 1 heterocycles. The summed E-state index contributed by atoms with van der Waals surface area (Å²) in [6, 6.07) is 8.62. The van der Waals surface area contributed by atoms with E-state index in [1.165, 1.54) is 16.4 Å². The third-order valence-electron chi connectivity index (χ3n) is 5.23. The van der Waals surface area contributed by atoms with E-state index in [0.29, 0.717) is 25.9 Å². The number of ether oxygens (including phenoxy) is 1. The molecule has 0 unspecified atom stereocenters. The van der Waals surface area contributed by atoms with Gasteiger partial charge in [-0.1, -0.05) is 19.1 Å². The van der Waals surface area contributed by atoms with Crippen LogP contribution in [0.2, 0.25) is 0 Å². The lowest BCUT2D eigenvalue weighted by Gasteiger charge is -2.34. The van der Waals surface area contributed by atoms with E-state index in [-0.39, 0.29) is 10.5 Å². The van der Waals surface area contributed by atoms with Crippen LogP contribution in [0.1, 0.15) is 30.9 Å². The summed E-state index contributed by atoms with van der Waals surface area (Å²) < 4.78 is 84.1. The van der Waals surface area contributed by atoms with Gasteiger partial charge in [0.2, 0.25) is 10.0 Å². The molecule has 0 aliphatic carbocycles. The fourth-order valence-corrected chi connectivity index (χ4v) is 5.24. The van der Waals surface area contributed by atoms with E-state index in [9.17, 15) is 26.0 Å². The zero-order valence-corrected chi connectivity index (χ0v) is 17.8. The van der Waals surface area contributed by atoms with Gasteiger partial charge in [-0.25, -0.2) is 12.8 Å². The fraction of sp³-hybridized carbons (Fsp3) is 0.429. The number of aryl methyl sites for hydroxylation is 1. The molecule has 0 atom stereocenters. The molecular formula is C21H24F4N2O3S. The van der Waals surface area contributed by atoms with Crippen molar-refractivity contribution < 1.29 is 30.7 Å². The fourth-order valence-electron chi connectivity index (χ4n) is 3.57. The SMILES string of the molecule is CCc1ccc(S(=O)(=O)N(Cc2cc(OC(F)(F)F)ccc2F)C2CCNCC2)cc1. The summed E-state index contributed by atoms with van der Waals surface area (Å²) in [6.07, 6.45) is -3.17. The molecule has 0 amide bonds. The summed E-state index contributed by atoms with van der Waals surface area (Å²) in [5, 5.41) is 3.15. The Balaban J connectivity index is 1.97.